The highest BCUT2D eigenvalue weighted by atomic mass is 16.5. The van der Waals surface area contributed by atoms with Crippen molar-refractivity contribution >= 4 is 11.6 Å². The summed E-state index contributed by atoms with van der Waals surface area (Å²) in [6.07, 6.45) is 0. The number of furan rings is 1. The second-order valence-corrected chi connectivity index (χ2v) is 5.92. The van der Waals surface area contributed by atoms with Crippen molar-refractivity contribution in [1.29, 1.82) is 0 Å². The molecule has 5 nitrogen and oxygen atoms in total. The summed E-state index contributed by atoms with van der Waals surface area (Å²) < 4.78 is 5.22. The average molecular weight is 286 g/mol. The van der Waals surface area contributed by atoms with Crippen LogP contribution in [0.15, 0.2) is 45.0 Å². The molecule has 1 aromatic carbocycles. The monoisotopic (exact) mass is 286 g/mol. The topological polar surface area (TPSA) is 75.2 Å². The Hall–Kier alpha value is -2.43. The van der Waals surface area contributed by atoms with E-state index in [1.807, 2.05) is 39.8 Å². The van der Waals surface area contributed by atoms with Crippen molar-refractivity contribution < 1.29 is 14.3 Å². The average Bonchev–Trinajstić information content (AvgIpc) is 2.78. The quantitative estimate of drug-likeness (QED) is 0.825. The van der Waals surface area contributed by atoms with Crippen LogP contribution in [0.5, 0.6) is 5.95 Å². The normalized spacial score (nSPS) is 12.0. The maximum absolute atomic E-state index is 11.9. The second kappa shape index (κ2) is 5.52. The smallest absolute Gasteiger partial charge is 0.311 e. The molecule has 110 valence electrons. The molecule has 0 saturated heterocycles. The van der Waals surface area contributed by atoms with Gasteiger partial charge in [-0.1, -0.05) is 38.5 Å². The number of benzene rings is 1. The third kappa shape index (κ3) is 3.56. The van der Waals surface area contributed by atoms with Crippen LogP contribution in [0.1, 0.15) is 42.5 Å². The summed E-state index contributed by atoms with van der Waals surface area (Å²) in [4.78, 5) is 11.9. The number of aryl methyl sites for hydroxylation is 1. The summed E-state index contributed by atoms with van der Waals surface area (Å²) in [5.74, 6) is -0.218. The molecule has 0 aliphatic heterocycles. The Morgan fingerprint density at radius 1 is 1.19 bits per heavy atom. The van der Waals surface area contributed by atoms with Crippen molar-refractivity contribution in [3.63, 3.8) is 0 Å². The molecule has 1 N–H and O–H groups in total. The molecule has 0 fully saturated rings. The number of carbonyl (C=O) groups excluding carboxylic acids is 1. The van der Waals surface area contributed by atoms with Gasteiger partial charge in [0.1, 0.15) is 5.76 Å². The first-order valence-electron chi connectivity index (χ1n) is 6.63. The molecule has 0 unspecified atom stereocenters. The third-order valence-corrected chi connectivity index (χ3v) is 2.98. The van der Waals surface area contributed by atoms with Crippen LogP contribution in [-0.4, -0.2) is 11.0 Å². The maximum Gasteiger partial charge on any atom is 0.311 e. The van der Waals surface area contributed by atoms with E-state index in [0.29, 0.717) is 11.3 Å². The van der Waals surface area contributed by atoms with Gasteiger partial charge in [0, 0.05) is 17.0 Å². The first-order valence-corrected chi connectivity index (χ1v) is 6.63. The fourth-order valence-corrected chi connectivity index (χ4v) is 1.67. The van der Waals surface area contributed by atoms with Crippen molar-refractivity contribution in [2.24, 2.45) is 10.2 Å². The molecular weight excluding hydrogens is 268 g/mol. The number of hydrogen-bond acceptors (Lipinski definition) is 4. The fourth-order valence-electron chi connectivity index (χ4n) is 1.67. The minimum atomic E-state index is -0.465. The number of aromatic hydroxyl groups is 1. The first-order chi connectivity index (χ1) is 9.77. The number of amides is 1. The SMILES string of the molecule is Cc1ccc(C(=O)N=Nc2cc(C(C)(C)C)oc2O)cc1. The minimum absolute atomic E-state index is 0.153. The Labute approximate surface area is 123 Å². The summed E-state index contributed by atoms with van der Waals surface area (Å²) in [6, 6.07) is 8.62. The van der Waals surface area contributed by atoms with Gasteiger partial charge in [0.05, 0.1) is 0 Å². The molecule has 5 heteroatoms. The van der Waals surface area contributed by atoms with E-state index in [0.717, 1.165) is 5.56 Å². The lowest BCUT2D eigenvalue weighted by molar-refractivity contribution is 0.0995. The summed E-state index contributed by atoms with van der Waals surface area (Å²) in [6.45, 7) is 7.78. The van der Waals surface area contributed by atoms with Gasteiger partial charge in [-0.3, -0.25) is 4.79 Å². The Morgan fingerprint density at radius 3 is 2.33 bits per heavy atom. The number of nitrogens with zero attached hydrogens (tertiary/aromatic N) is 2. The molecule has 2 aromatic rings. The molecule has 0 atom stereocenters. The van der Waals surface area contributed by atoms with E-state index in [-0.39, 0.29) is 17.0 Å². The van der Waals surface area contributed by atoms with E-state index in [2.05, 4.69) is 10.2 Å². The van der Waals surface area contributed by atoms with E-state index >= 15 is 0 Å². The van der Waals surface area contributed by atoms with E-state index in [1.54, 1.807) is 18.2 Å². The van der Waals surface area contributed by atoms with Gasteiger partial charge in [0.15, 0.2) is 5.69 Å². The third-order valence-electron chi connectivity index (χ3n) is 2.98. The van der Waals surface area contributed by atoms with Gasteiger partial charge >= 0.3 is 5.95 Å². The van der Waals surface area contributed by atoms with Crippen LogP contribution in [-0.2, 0) is 5.41 Å². The number of rotatable bonds is 2. The van der Waals surface area contributed by atoms with Crippen LogP contribution in [0.3, 0.4) is 0 Å². The van der Waals surface area contributed by atoms with Gasteiger partial charge in [-0.25, -0.2) is 0 Å². The van der Waals surface area contributed by atoms with E-state index in [4.69, 9.17) is 4.42 Å². The zero-order valence-corrected chi connectivity index (χ0v) is 12.5. The van der Waals surface area contributed by atoms with E-state index < -0.39 is 5.91 Å². The van der Waals surface area contributed by atoms with Crippen LogP contribution in [0.25, 0.3) is 0 Å². The van der Waals surface area contributed by atoms with Gasteiger partial charge in [0.25, 0.3) is 5.91 Å². The van der Waals surface area contributed by atoms with Gasteiger partial charge < -0.3 is 9.52 Å². The van der Waals surface area contributed by atoms with Crippen molar-refractivity contribution in [3.8, 4) is 5.95 Å². The van der Waals surface area contributed by atoms with Gasteiger partial charge in [-0.15, -0.1) is 10.2 Å². The van der Waals surface area contributed by atoms with Gasteiger partial charge in [-0.05, 0) is 19.1 Å². The predicted octanol–water partition coefficient (Wildman–Crippen LogP) is 4.52. The number of hydrogen-bond donors (Lipinski definition) is 1. The standard InChI is InChI=1S/C16H18N2O3/c1-10-5-7-11(8-6-10)14(19)18-17-12-9-13(16(2,3)4)21-15(12)20/h5-9,20H,1-4H3. The van der Waals surface area contributed by atoms with Crippen molar-refractivity contribution in [2.75, 3.05) is 0 Å². The highest BCUT2D eigenvalue weighted by Crippen LogP contribution is 2.36. The van der Waals surface area contributed by atoms with E-state index in [9.17, 15) is 9.90 Å². The van der Waals surface area contributed by atoms with Crippen molar-refractivity contribution in [2.45, 2.75) is 33.1 Å². The van der Waals surface area contributed by atoms with Crippen LogP contribution in [0, 0.1) is 6.92 Å². The van der Waals surface area contributed by atoms with Crippen LogP contribution >= 0.6 is 0 Å². The molecule has 0 aliphatic carbocycles. The molecule has 0 aliphatic rings. The highest BCUT2D eigenvalue weighted by molar-refractivity contribution is 5.94. The Morgan fingerprint density at radius 2 is 1.81 bits per heavy atom. The lowest BCUT2D eigenvalue weighted by Gasteiger charge is -2.13. The van der Waals surface area contributed by atoms with Crippen LogP contribution < -0.4 is 0 Å². The Bertz CT molecular complexity index is 677. The molecule has 0 bridgehead atoms. The molecule has 0 saturated carbocycles. The lowest BCUT2D eigenvalue weighted by Crippen LogP contribution is -2.08. The summed E-state index contributed by atoms with van der Waals surface area (Å²) in [7, 11) is 0. The summed E-state index contributed by atoms with van der Waals surface area (Å²) in [5.41, 5.74) is 1.40. The zero-order valence-electron chi connectivity index (χ0n) is 12.5. The van der Waals surface area contributed by atoms with Crippen LogP contribution in [0.4, 0.5) is 5.69 Å². The zero-order chi connectivity index (χ0) is 15.6. The predicted molar refractivity (Wildman–Crippen MR) is 79.1 cm³/mol. The van der Waals surface area contributed by atoms with E-state index in [1.165, 1.54) is 0 Å². The van der Waals surface area contributed by atoms with Gasteiger partial charge in [0.2, 0.25) is 0 Å². The van der Waals surface area contributed by atoms with Crippen molar-refractivity contribution in [3.05, 3.63) is 47.2 Å². The van der Waals surface area contributed by atoms with Gasteiger partial charge in [-0.2, -0.15) is 0 Å². The fraction of sp³-hybridized carbons (Fsp3) is 0.312. The largest absolute Gasteiger partial charge is 0.479 e. The minimum Gasteiger partial charge on any atom is -0.479 e. The summed E-state index contributed by atoms with van der Waals surface area (Å²) >= 11 is 0. The molecule has 0 radical (unpaired) electrons. The molecule has 0 spiro atoms. The lowest BCUT2D eigenvalue weighted by atomic mass is 9.93. The molecule has 1 amide bonds. The number of azo groups is 1. The second-order valence-electron chi connectivity index (χ2n) is 5.92. The Kier molecular flexibility index (Phi) is 3.93. The van der Waals surface area contributed by atoms with Crippen LogP contribution in [0.2, 0.25) is 0 Å². The molecule has 21 heavy (non-hydrogen) atoms. The van der Waals surface area contributed by atoms with Crippen molar-refractivity contribution in [1.82, 2.24) is 0 Å². The molecular formula is C16H18N2O3. The molecule has 1 heterocycles. The first kappa shape index (κ1) is 15.0. The Balaban J connectivity index is 2.19. The summed E-state index contributed by atoms with van der Waals surface area (Å²) in [5, 5.41) is 17.1. The molecule has 1 aromatic heterocycles. The number of carbonyl (C=O) groups is 1. The molecule has 2 rings (SSSR count). The highest BCUT2D eigenvalue weighted by Gasteiger charge is 2.21. The maximum atomic E-state index is 11.9.